The maximum absolute atomic E-state index is 10.3. The van der Waals surface area contributed by atoms with Gasteiger partial charge < -0.3 is 19.9 Å². The Bertz CT molecular complexity index is 626. The largest absolute Gasteiger partial charge is 0.497 e. The lowest BCUT2D eigenvalue weighted by Gasteiger charge is -2.16. The lowest BCUT2D eigenvalue weighted by molar-refractivity contribution is 0.171. The lowest BCUT2D eigenvalue weighted by atomic mass is 10.1. The second-order valence-electron chi connectivity index (χ2n) is 5.09. The predicted octanol–water partition coefficient (Wildman–Crippen LogP) is 3.04. The van der Waals surface area contributed by atoms with Crippen molar-refractivity contribution in [3.63, 3.8) is 0 Å². The van der Waals surface area contributed by atoms with Gasteiger partial charge in [0.25, 0.3) is 0 Å². The predicted molar refractivity (Wildman–Crippen MR) is 92.9 cm³/mol. The summed E-state index contributed by atoms with van der Waals surface area (Å²) in [6, 6.07) is 15.5. The van der Waals surface area contributed by atoms with Crippen molar-refractivity contribution in [3.05, 3.63) is 65.7 Å². The topological polar surface area (TPSA) is 50.7 Å². The molecular formula is C19H23NO3. The number of nitrogens with one attached hydrogen (secondary N) is 1. The van der Waals surface area contributed by atoms with Crippen LogP contribution < -0.4 is 14.8 Å². The zero-order valence-corrected chi connectivity index (χ0v) is 13.5. The van der Waals surface area contributed by atoms with Crippen molar-refractivity contribution >= 4 is 6.08 Å². The van der Waals surface area contributed by atoms with Gasteiger partial charge >= 0.3 is 0 Å². The first-order chi connectivity index (χ1) is 11.2. The summed E-state index contributed by atoms with van der Waals surface area (Å²) in [6.45, 7) is 1.11. The summed E-state index contributed by atoms with van der Waals surface area (Å²) < 4.78 is 10.5. The normalized spacial score (nSPS) is 12.3. The van der Waals surface area contributed by atoms with E-state index >= 15 is 0 Å². The molecule has 0 aliphatic rings. The van der Waals surface area contributed by atoms with Crippen molar-refractivity contribution in [2.45, 2.75) is 6.10 Å². The maximum Gasteiger partial charge on any atom is 0.124 e. The summed E-state index contributed by atoms with van der Waals surface area (Å²) in [5.41, 5.74) is 1.87. The third kappa shape index (κ3) is 5.13. The molecule has 0 aliphatic heterocycles. The molecule has 1 atom stereocenters. The van der Waals surface area contributed by atoms with E-state index in [1.165, 1.54) is 0 Å². The Morgan fingerprint density at radius 1 is 1.09 bits per heavy atom. The van der Waals surface area contributed by atoms with Gasteiger partial charge in [-0.25, -0.2) is 0 Å². The van der Waals surface area contributed by atoms with E-state index in [4.69, 9.17) is 9.47 Å². The molecule has 23 heavy (non-hydrogen) atoms. The van der Waals surface area contributed by atoms with Crippen molar-refractivity contribution in [3.8, 4) is 11.5 Å². The molecule has 0 aromatic heterocycles. The second-order valence-corrected chi connectivity index (χ2v) is 5.09. The number of aliphatic hydroxyl groups excluding tert-OH is 1. The van der Waals surface area contributed by atoms with E-state index < -0.39 is 6.10 Å². The molecular weight excluding hydrogens is 290 g/mol. The fourth-order valence-corrected chi connectivity index (χ4v) is 2.27. The Labute approximate surface area is 137 Å². The highest BCUT2D eigenvalue weighted by Gasteiger charge is 2.13. The lowest BCUT2D eigenvalue weighted by Crippen LogP contribution is -2.21. The number of aliphatic hydroxyl groups is 1. The molecule has 2 aromatic carbocycles. The Morgan fingerprint density at radius 2 is 1.87 bits per heavy atom. The molecule has 0 fully saturated rings. The highest BCUT2D eigenvalue weighted by atomic mass is 16.5. The first-order valence-electron chi connectivity index (χ1n) is 7.57. The van der Waals surface area contributed by atoms with Crippen LogP contribution in [0.5, 0.6) is 11.5 Å². The summed E-state index contributed by atoms with van der Waals surface area (Å²) in [7, 11) is 3.19. The Kier molecular flexibility index (Phi) is 6.66. The van der Waals surface area contributed by atoms with Crippen LogP contribution in [-0.2, 0) is 0 Å². The van der Waals surface area contributed by atoms with E-state index in [2.05, 4.69) is 5.32 Å². The molecule has 0 saturated carbocycles. The molecule has 0 heterocycles. The van der Waals surface area contributed by atoms with Gasteiger partial charge in [-0.3, -0.25) is 0 Å². The summed E-state index contributed by atoms with van der Waals surface area (Å²) in [5, 5.41) is 13.6. The van der Waals surface area contributed by atoms with Gasteiger partial charge in [0.15, 0.2) is 0 Å². The van der Waals surface area contributed by atoms with Gasteiger partial charge in [-0.15, -0.1) is 0 Å². The van der Waals surface area contributed by atoms with Crippen molar-refractivity contribution in [1.29, 1.82) is 0 Å². The molecule has 4 heteroatoms. The maximum atomic E-state index is 10.3. The van der Waals surface area contributed by atoms with Gasteiger partial charge in [0.05, 0.1) is 20.3 Å². The minimum absolute atomic E-state index is 0.433. The van der Waals surface area contributed by atoms with Crippen LogP contribution in [0, 0.1) is 0 Å². The molecule has 0 radical (unpaired) electrons. The first kappa shape index (κ1) is 17.1. The fourth-order valence-electron chi connectivity index (χ4n) is 2.27. The Morgan fingerprint density at radius 3 is 2.57 bits per heavy atom. The summed E-state index contributed by atoms with van der Waals surface area (Å²) >= 11 is 0. The highest BCUT2D eigenvalue weighted by molar-refractivity contribution is 5.48. The molecule has 0 spiro atoms. The van der Waals surface area contributed by atoms with Gasteiger partial charge in [0.2, 0.25) is 0 Å². The number of hydrogen-bond donors (Lipinski definition) is 2. The summed E-state index contributed by atoms with van der Waals surface area (Å²) in [5.74, 6) is 1.35. The minimum Gasteiger partial charge on any atom is -0.497 e. The molecule has 2 N–H and O–H groups in total. The average Bonchev–Trinajstić information content (AvgIpc) is 2.61. The molecule has 0 aliphatic carbocycles. The van der Waals surface area contributed by atoms with Crippen molar-refractivity contribution < 1.29 is 14.6 Å². The molecule has 0 amide bonds. The van der Waals surface area contributed by atoms with Crippen molar-refractivity contribution in [1.82, 2.24) is 5.32 Å². The zero-order valence-electron chi connectivity index (χ0n) is 13.5. The van der Waals surface area contributed by atoms with Gasteiger partial charge in [0.1, 0.15) is 11.5 Å². The van der Waals surface area contributed by atoms with E-state index in [0.717, 1.165) is 5.56 Å². The number of ether oxygens (including phenoxy) is 2. The number of benzene rings is 2. The van der Waals surface area contributed by atoms with E-state index in [-0.39, 0.29) is 0 Å². The smallest absolute Gasteiger partial charge is 0.124 e. The molecule has 0 saturated heterocycles. The quantitative estimate of drug-likeness (QED) is 0.736. The van der Waals surface area contributed by atoms with Crippen LogP contribution in [0.15, 0.2) is 54.6 Å². The molecule has 2 aromatic rings. The number of rotatable bonds is 8. The third-order valence-corrected chi connectivity index (χ3v) is 3.51. The standard InChI is InChI=1S/C19H23NO3/c1-22-16-10-11-19(23-2)17(13-16)18(21)14-20-12-6-9-15-7-4-3-5-8-15/h3-11,13,18,20-21H,12,14H2,1-2H3/b9-6+. The Hall–Kier alpha value is -2.30. The van der Waals surface area contributed by atoms with E-state index in [0.29, 0.717) is 30.2 Å². The SMILES string of the molecule is COc1ccc(OC)c(C(O)CNC/C=C/c2ccccc2)c1. The fraction of sp³-hybridized carbons (Fsp3) is 0.263. The van der Waals surface area contributed by atoms with Crippen LogP contribution in [0.25, 0.3) is 6.08 Å². The Balaban J connectivity index is 1.87. The third-order valence-electron chi connectivity index (χ3n) is 3.51. The molecule has 0 bridgehead atoms. The van der Waals surface area contributed by atoms with Crippen LogP contribution in [0.1, 0.15) is 17.2 Å². The molecule has 122 valence electrons. The second kappa shape index (κ2) is 8.98. The van der Waals surface area contributed by atoms with Crippen molar-refractivity contribution in [2.24, 2.45) is 0 Å². The van der Waals surface area contributed by atoms with E-state index in [9.17, 15) is 5.11 Å². The van der Waals surface area contributed by atoms with Gasteiger partial charge in [-0.2, -0.15) is 0 Å². The molecule has 4 nitrogen and oxygen atoms in total. The van der Waals surface area contributed by atoms with Crippen LogP contribution in [-0.4, -0.2) is 32.4 Å². The van der Waals surface area contributed by atoms with Crippen LogP contribution in [0.2, 0.25) is 0 Å². The van der Waals surface area contributed by atoms with Crippen LogP contribution in [0.4, 0.5) is 0 Å². The zero-order chi connectivity index (χ0) is 16.5. The molecule has 1 unspecified atom stereocenters. The van der Waals surface area contributed by atoms with Crippen LogP contribution >= 0.6 is 0 Å². The summed E-state index contributed by atoms with van der Waals surface area (Å²) in [4.78, 5) is 0. The van der Waals surface area contributed by atoms with E-state index in [1.807, 2.05) is 48.6 Å². The van der Waals surface area contributed by atoms with Gasteiger partial charge in [0, 0.05) is 18.7 Å². The minimum atomic E-state index is -0.662. The van der Waals surface area contributed by atoms with Crippen LogP contribution in [0.3, 0.4) is 0 Å². The summed E-state index contributed by atoms with van der Waals surface area (Å²) in [6.07, 6.45) is 3.42. The van der Waals surface area contributed by atoms with Gasteiger partial charge in [-0.1, -0.05) is 42.5 Å². The first-order valence-corrected chi connectivity index (χ1v) is 7.57. The number of hydrogen-bond acceptors (Lipinski definition) is 4. The monoisotopic (exact) mass is 313 g/mol. The molecule has 2 rings (SSSR count). The average molecular weight is 313 g/mol. The van der Waals surface area contributed by atoms with Crippen molar-refractivity contribution in [2.75, 3.05) is 27.3 Å². The van der Waals surface area contributed by atoms with E-state index in [1.54, 1.807) is 26.4 Å². The number of methoxy groups -OCH3 is 2. The highest BCUT2D eigenvalue weighted by Crippen LogP contribution is 2.28. The van der Waals surface area contributed by atoms with Gasteiger partial charge in [-0.05, 0) is 23.8 Å².